The SMILES string of the molecule is O=C(CCC1CCN(C(=O)OCc2ccccc2)CC1)Nc1cccc(C(=O)NCCC(=O)OCc2ccccc2)c1. The fourth-order valence-electron chi connectivity index (χ4n) is 4.70. The van der Waals surface area contributed by atoms with Gasteiger partial charge in [-0.25, -0.2) is 4.79 Å². The second-order valence-electron chi connectivity index (χ2n) is 10.3. The minimum absolute atomic E-state index is 0.0583. The van der Waals surface area contributed by atoms with E-state index >= 15 is 0 Å². The summed E-state index contributed by atoms with van der Waals surface area (Å²) < 4.78 is 10.7. The minimum Gasteiger partial charge on any atom is -0.461 e. The highest BCUT2D eigenvalue weighted by Gasteiger charge is 2.24. The zero-order valence-corrected chi connectivity index (χ0v) is 23.6. The van der Waals surface area contributed by atoms with Crippen molar-refractivity contribution in [2.24, 2.45) is 5.92 Å². The maximum atomic E-state index is 12.6. The number of esters is 1. The molecule has 0 radical (unpaired) electrons. The summed E-state index contributed by atoms with van der Waals surface area (Å²) >= 11 is 0. The van der Waals surface area contributed by atoms with Crippen LogP contribution in [0.5, 0.6) is 0 Å². The molecular formula is C33H37N3O6. The Balaban J connectivity index is 1.11. The van der Waals surface area contributed by atoms with Crippen molar-refractivity contribution in [2.75, 3.05) is 25.0 Å². The number of benzene rings is 3. The second kappa shape index (κ2) is 16.0. The molecule has 1 fully saturated rings. The largest absolute Gasteiger partial charge is 0.461 e. The first-order valence-corrected chi connectivity index (χ1v) is 14.3. The van der Waals surface area contributed by atoms with Gasteiger partial charge in [0.2, 0.25) is 5.91 Å². The van der Waals surface area contributed by atoms with Gasteiger partial charge in [-0.3, -0.25) is 14.4 Å². The Hall–Kier alpha value is -4.66. The second-order valence-corrected chi connectivity index (χ2v) is 10.3. The van der Waals surface area contributed by atoms with E-state index in [0.29, 0.717) is 36.7 Å². The lowest BCUT2D eigenvalue weighted by molar-refractivity contribution is -0.144. The van der Waals surface area contributed by atoms with Crippen LogP contribution >= 0.6 is 0 Å². The van der Waals surface area contributed by atoms with E-state index in [1.54, 1.807) is 29.2 Å². The Morgan fingerprint density at radius 1 is 0.762 bits per heavy atom. The Morgan fingerprint density at radius 3 is 2.07 bits per heavy atom. The Labute approximate surface area is 246 Å². The van der Waals surface area contributed by atoms with Crippen LogP contribution in [-0.2, 0) is 32.3 Å². The van der Waals surface area contributed by atoms with E-state index in [4.69, 9.17) is 9.47 Å². The average Bonchev–Trinajstić information content (AvgIpc) is 3.03. The zero-order chi connectivity index (χ0) is 29.6. The fourth-order valence-corrected chi connectivity index (χ4v) is 4.70. The number of ether oxygens (including phenoxy) is 2. The monoisotopic (exact) mass is 571 g/mol. The molecule has 1 saturated heterocycles. The predicted octanol–water partition coefficient (Wildman–Crippen LogP) is 5.32. The molecule has 3 aromatic rings. The molecule has 0 unspecified atom stereocenters. The van der Waals surface area contributed by atoms with Crippen molar-refractivity contribution in [1.82, 2.24) is 10.2 Å². The third-order valence-corrected chi connectivity index (χ3v) is 7.12. The number of rotatable bonds is 12. The molecule has 3 amide bonds. The molecule has 1 aliphatic rings. The van der Waals surface area contributed by atoms with Gasteiger partial charge in [-0.2, -0.15) is 0 Å². The van der Waals surface area contributed by atoms with E-state index in [0.717, 1.165) is 30.4 Å². The van der Waals surface area contributed by atoms with E-state index in [9.17, 15) is 19.2 Å². The normalized spacial score (nSPS) is 13.2. The van der Waals surface area contributed by atoms with Crippen LogP contribution in [0.2, 0.25) is 0 Å². The van der Waals surface area contributed by atoms with E-state index in [1.807, 2.05) is 60.7 Å². The van der Waals surface area contributed by atoms with Crippen LogP contribution in [0.3, 0.4) is 0 Å². The zero-order valence-electron chi connectivity index (χ0n) is 23.6. The van der Waals surface area contributed by atoms with Crippen LogP contribution < -0.4 is 10.6 Å². The highest BCUT2D eigenvalue weighted by molar-refractivity contribution is 5.97. The Kier molecular flexibility index (Phi) is 11.5. The summed E-state index contributed by atoms with van der Waals surface area (Å²) in [6, 6.07) is 25.7. The number of hydrogen-bond donors (Lipinski definition) is 2. The molecule has 9 nitrogen and oxygen atoms in total. The number of likely N-dealkylation sites (tertiary alicyclic amines) is 1. The van der Waals surface area contributed by atoms with Crippen molar-refractivity contribution < 1.29 is 28.7 Å². The summed E-state index contributed by atoms with van der Waals surface area (Å²) in [6.07, 6.45) is 2.47. The summed E-state index contributed by atoms with van der Waals surface area (Å²) in [4.78, 5) is 51.2. The molecule has 1 heterocycles. The van der Waals surface area contributed by atoms with Crippen LogP contribution in [0.4, 0.5) is 10.5 Å². The smallest absolute Gasteiger partial charge is 0.410 e. The number of carbonyl (C=O) groups is 4. The molecule has 9 heteroatoms. The lowest BCUT2D eigenvalue weighted by Gasteiger charge is -2.31. The number of hydrogen-bond acceptors (Lipinski definition) is 6. The van der Waals surface area contributed by atoms with Crippen molar-refractivity contribution in [2.45, 2.75) is 45.3 Å². The van der Waals surface area contributed by atoms with Gasteiger partial charge in [0.15, 0.2) is 0 Å². The number of piperidine rings is 1. The Morgan fingerprint density at radius 2 is 1.40 bits per heavy atom. The average molecular weight is 572 g/mol. The summed E-state index contributed by atoms with van der Waals surface area (Å²) in [5.74, 6) is -0.506. The maximum Gasteiger partial charge on any atom is 0.410 e. The maximum absolute atomic E-state index is 12.6. The van der Waals surface area contributed by atoms with Crippen molar-refractivity contribution in [3.8, 4) is 0 Å². The van der Waals surface area contributed by atoms with Gasteiger partial charge in [0.25, 0.3) is 5.91 Å². The first-order valence-electron chi connectivity index (χ1n) is 14.3. The van der Waals surface area contributed by atoms with E-state index in [-0.39, 0.29) is 44.1 Å². The number of nitrogens with zero attached hydrogens (tertiary/aromatic N) is 1. The first kappa shape index (κ1) is 30.3. The van der Waals surface area contributed by atoms with Gasteiger partial charge in [-0.1, -0.05) is 66.7 Å². The van der Waals surface area contributed by atoms with Gasteiger partial charge in [-0.05, 0) is 54.5 Å². The number of nitrogens with one attached hydrogen (secondary N) is 2. The molecule has 42 heavy (non-hydrogen) atoms. The predicted molar refractivity (Wildman–Crippen MR) is 158 cm³/mol. The highest BCUT2D eigenvalue weighted by atomic mass is 16.6. The van der Waals surface area contributed by atoms with Gasteiger partial charge in [0.05, 0.1) is 6.42 Å². The first-order chi connectivity index (χ1) is 20.5. The molecule has 0 bridgehead atoms. The third-order valence-electron chi connectivity index (χ3n) is 7.12. The highest BCUT2D eigenvalue weighted by Crippen LogP contribution is 2.23. The Bertz CT molecular complexity index is 1320. The summed E-state index contributed by atoms with van der Waals surface area (Å²) in [5.41, 5.74) is 2.77. The van der Waals surface area contributed by atoms with Crippen molar-refractivity contribution in [3.63, 3.8) is 0 Å². The molecule has 0 spiro atoms. The molecule has 0 aliphatic carbocycles. The van der Waals surface area contributed by atoms with Crippen LogP contribution in [0.25, 0.3) is 0 Å². The molecule has 0 atom stereocenters. The fraction of sp³-hybridized carbons (Fsp3) is 0.333. The quantitative estimate of drug-likeness (QED) is 0.285. The van der Waals surface area contributed by atoms with Gasteiger partial charge in [0.1, 0.15) is 13.2 Å². The third kappa shape index (κ3) is 10.1. The summed E-state index contributed by atoms with van der Waals surface area (Å²) in [5, 5.41) is 5.58. The van der Waals surface area contributed by atoms with Crippen molar-refractivity contribution >= 4 is 29.6 Å². The van der Waals surface area contributed by atoms with E-state index in [1.165, 1.54) is 0 Å². The van der Waals surface area contributed by atoms with Crippen LogP contribution in [-0.4, -0.2) is 48.4 Å². The van der Waals surface area contributed by atoms with Crippen LogP contribution in [0.1, 0.15) is 53.6 Å². The molecule has 1 aliphatic heterocycles. The molecule has 3 aromatic carbocycles. The van der Waals surface area contributed by atoms with Gasteiger partial charge >= 0.3 is 12.1 Å². The molecule has 0 aromatic heterocycles. The summed E-state index contributed by atoms with van der Waals surface area (Å²) in [6.45, 7) is 1.82. The van der Waals surface area contributed by atoms with Gasteiger partial charge in [-0.15, -0.1) is 0 Å². The van der Waals surface area contributed by atoms with Crippen LogP contribution in [0, 0.1) is 5.92 Å². The molecule has 220 valence electrons. The van der Waals surface area contributed by atoms with E-state index in [2.05, 4.69) is 10.6 Å². The number of anilines is 1. The molecule has 2 N–H and O–H groups in total. The molecule has 4 rings (SSSR count). The standard InChI is InChI=1S/C33H37N3O6/c37-30(15-14-25-17-20-36(21-18-25)33(40)42-24-27-10-5-2-6-11-27)35-29-13-7-12-28(22-29)32(39)34-19-16-31(38)41-23-26-8-3-1-4-9-26/h1-13,22,25H,14-21,23-24H2,(H,34,39)(H,35,37). The van der Waals surface area contributed by atoms with Crippen LogP contribution in [0.15, 0.2) is 84.9 Å². The number of amides is 3. The number of carbonyl (C=O) groups excluding carboxylic acids is 4. The van der Waals surface area contributed by atoms with Gasteiger partial charge < -0.3 is 25.0 Å². The lowest BCUT2D eigenvalue weighted by Crippen LogP contribution is -2.38. The van der Waals surface area contributed by atoms with Crippen molar-refractivity contribution in [3.05, 3.63) is 102 Å². The summed E-state index contributed by atoms with van der Waals surface area (Å²) in [7, 11) is 0. The minimum atomic E-state index is -0.395. The van der Waals surface area contributed by atoms with Gasteiger partial charge in [0, 0.05) is 37.3 Å². The lowest BCUT2D eigenvalue weighted by atomic mass is 9.92. The van der Waals surface area contributed by atoms with Crippen molar-refractivity contribution in [1.29, 1.82) is 0 Å². The molecule has 0 saturated carbocycles. The van der Waals surface area contributed by atoms with E-state index < -0.39 is 5.97 Å². The topological polar surface area (TPSA) is 114 Å². The molecular weight excluding hydrogens is 534 g/mol.